The lowest BCUT2D eigenvalue weighted by atomic mass is 9.86. The smallest absolute Gasteiger partial charge is 0.130 e. The maximum absolute atomic E-state index is 14.3. The molecule has 126 valence electrons. The van der Waals surface area contributed by atoms with Crippen LogP contribution in [-0.4, -0.2) is 0 Å². The Morgan fingerprint density at radius 1 is 0.783 bits per heavy atom. The van der Waals surface area contributed by atoms with Gasteiger partial charge < -0.3 is 0 Å². The highest BCUT2D eigenvalue weighted by molar-refractivity contribution is 5.33. The van der Waals surface area contributed by atoms with Crippen molar-refractivity contribution >= 4 is 12.2 Å². The van der Waals surface area contributed by atoms with Crippen molar-refractivity contribution in [2.75, 3.05) is 0 Å². The minimum atomic E-state index is -0.0433. The monoisotopic (exact) mass is 314 g/mol. The van der Waals surface area contributed by atoms with Crippen molar-refractivity contribution in [1.29, 1.82) is 0 Å². The average Bonchev–Trinajstić information content (AvgIpc) is 2.61. The van der Waals surface area contributed by atoms with E-state index in [0.29, 0.717) is 0 Å². The van der Waals surface area contributed by atoms with Crippen molar-refractivity contribution in [2.24, 2.45) is 11.8 Å². The summed E-state index contributed by atoms with van der Waals surface area (Å²) in [5.74, 6) is 1.55. The first kappa shape index (κ1) is 16.7. The van der Waals surface area contributed by atoms with E-state index in [-0.39, 0.29) is 5.82 Å². The van der Waals surface area contributed by atoms with Gasteiger partial charge in [-0.15, -0.1) is 0 Å². The van der Waals surface area contributed by atoms with Crippen LogP contribution in [0.5, 0.6) is 0 Å². The predicted molar refractivity (Wildman–Crippen MR) is 97.0 cm³/mol. The van der Waals surface area contributed by atoms with Crippen LogP contribution < -0.4 is 10.4 Å². The van der Waals surface area contributed by atoms with E-state index in [4.69, 9.17) is 0 Å². The fourth-order valence-electron chi connectivity index (χ4n) is 4.37. The number of halogens is 1. The lowest BCUT2D eigenvalue weighted by Gasteiger charge is -2.20. The fraction of sp³-hybridized carbons (Fsp3) is 0.636. The van der Waals surface area contributed by atoms with Gasteiger partial charge in [0.05, 0.1) is 0 Å². The molecule has 1 heteroatoms. The number of hydrogen-bond donors (Lipinski definition) is 0. The molecule has 0 nitrogen and oxygen atoms in total. The lowest BCUT2D eigenvalue weighted by Crippen LogP contribution is -2.28. The predicted octanol–water partition coefficient (Wildman–Crippen LogP) is 5.33. The molecule has 0 saturated heterocycles. The van der Waals surface area contributed by atoms with E-state index in [2.05, 4.69) is 18.2 Å². The average molecular weight is 314 g/mol. The van der Waals surface area contributed by atoms with Gasteiger partial charge >= 0.3 is 0 Å². The fourth-order valence-corrected chi connectivity index (χ4v) is 4.37. The third kappa shape index (κ3) is 4.93. The molecule has 0 heterocycles. The van der Waals surface area contributed by atoms with Gasteiger partial charge in [-0.1, -0.05) is 88.5 Å². The van der Waals surface area contributed by atoms with Gasteiger partial charge in [0.15, 0.2) is 0 Å². The van der Waals surface area contributed by atoms with Crippen LogP contribution in [0, 0.1) is 17.7 Å². The van der Waals surface area contributed by atoms with Crippen LogP contribution in [-0.2, 0) is 0 Å². The molecule has 0 aliphatic heterocycles. The highest BCUT2D eigenvalue weighted by atomic mass is 19.1. The first-order valence-electron chi connectivity index (χ1n) is 9.78. The second-order valence-corrected chi connectivity index (χ2v) is 7.63. The number of rotatable bonds is 4. The minimum absolute atomic E-state index is 0.0433. The maximum atomic E-state index is 14.3. The van der Waals surface area contributed by atoms with E-state index in [1.807, 2.05) is 6.07 Å². The highest BCUT2D eigenvalue weighted by Crippen LogP contribution is 2.27. The summed E-state index contributed by atoms with van der Waals surface area (Å²) in [6.45, 7) is 0. The summed E-state index contributed by atoms with van der Waals surface area (Å²) >= 11 is 0. The van der Waals surface area contributed by atoms with Crippen LogP contribution in [0.3, 0.4) is 0 Å². The van der Waals surface area contributed by atoms with E-state index in [1.165, 1.54) is 64.2 Å². The Morgan fingerprint density at radius 3 is 1.96 bits per heavy atom. The third-order valence-corrected chi connectivity index (χ3v) is 5.86. The molecule has 2 aliphatic rings. The molecular formula is C22H31F. The Labute approximate surface area is 140 Å². The second-order valence-electron chi connectivity index (χ2n) is 7.63. The van der Waals surface area contributed by atoms with Gasteiger partial charge in [-0.3, -0.25) is 0 Å². The summed E-state index contributed by atoms with van der Waals surface area (Å²) in [6, 6.07) is 5.57. The van der Waals surface area contributed by atoms with Gasteiger partial charge in [0.1, 0.15) is 5.82 Å². The molecular weight excluding hydrogens is 283 g/mol. The van der Waals surface area contributed by atoms with Gasteiger partial charge in [-0.05, 0) is 36.0 Å². The molecule has 0 N–H and O–H groups in total. The van der Waals surface area contributed by atoms with Crippen LogP contribution >= 0.6 is 0 Å². The van der Waals surface area contributed by atoms with Crippen molar-refractivity contribution in [3.05, 3.63) is 34.5 Å². The zero-order valence-corrected chi connectivity index (χ0v) is 14.4. The summed E-state index contributed by atoms with van der Waals surface area (Å²) in [7, 11) is 0. The van der Waals surface area contributed by atoms with Crippen molar-refractivity contribution in [3.8, 4) is 0 Å². The molecule has 0 bridgehead atoms. The van der Waals surface area contributed by atoms with E-state index in [0.717, 1.165) is 35.1 Å². The molecule has 3 rings (SSSR count). The molecule has 0 atom stereocenters. The maximum Gasteiger partial charge on any atom is 0.130 e. The van der Waals surface area contributed by atoms with Gasteiger partial charge in [-0.25, -0.2) is 4.39 Å². The molecule has 2 saturated carbocycles. The Bertz CT molecular complexity index is 589. The highest BCUT2D eigenvalue weighted by Gasteiger charge is 2.13. The molecule has 1 aromatic rings. The Kier molecular flexibility index (Phi) is 6.30. The molecule has 2 aliphatic carbocycles. The molecule has 0 radical (unpaired) electrons. The Morgan fingerprint density at radius 2 is 1.35 bits per heavy atom. The minimum Gasteiger partial charge on any atom is -0.206 e. The first-order chi connectivity index (χ1) is 11.3. The lowest BCUT2D eigenvalue weighted by molar-refractivity contribution is 0.366. The van der Waals surface area contributed by atoms with E-state index in [1.54, 1.807) is 6.07 Å². The largest absolute Gasteiger partial charge is 0.206 e. The topological polar surface area (TPSA) is 0 Å². The van der Waals surface area contributed by atoms with Crippen LogP contribution in [0.1, 0.15) is 77.0 Å². The Balaban J connectivity index is 1.75. The van der Waals surface area contributed by atoms with Crippen LogP contribution in [0.4, 0.5) is 4.39 Å². The molecule has 0 amide bonds. The molecule has 1 aromatic carbocycles. The first-order valence-corrected chi connectivity index (χ1v) is 9.78. The zero-order chi connectivity index (χ0) is 15.9. The molecule has 0 spiro atoms. The van der Waals surface area contributed by atoms with Gasteiger partial charge in [0.25, 0.3) is 0 Å². The second kappa shape index (κ2) is 8.66. The van der Waals surface area contributed by atoms with Crippen LogP contribution in [0.25, 0.3) is 12.2 Å². The summed E-state index contributed by atoms with van der Waals surface area (Å²) in [4.78, 5) is 0. The normalized spacial score (nSPS) is 22.7. The van der Waals surface area contributed by atoms with Crippen molar-refractivity contribution in [1.82, 2.24) is 0 Å². The SMILES string of the molecule is Fc1cccc(=CCC2CCCCC2)c1=CCC1CCCCC1. The van der Waals surface area contributed by atoms with Gasteiger partial charge in [-0.2, -0.15) is 0 Å². The van der Waals surface area contributed by atoms with E-state index in [9.17, 15) is 4.39 Å². The standard InChI is InChI=1S/C22H31F/c23-22-13-7-12-20(16-14-18-8-3-1-4-9-18)21(22)17-15-19-10-5-2-6-11-19/h7,12-13,16-19H,1-6,8-11,14-15H2. The van der Waals surface area contributed by atoms with E-state index < -0.39 is 0 Å². The zero-order valence-electron chi connectivity index (χ0n) is 14.4. The van der Waals surface area contributed by atoms with Crippen molar-refractivity contribution in [3.63, 3.8) is 0 Å². The molecule has 0 aromatic heterocycles. The molecule has 2 fully saturated rings. The van der Waals surface area contributed by atoms with Gasteiger partial charge in [0, 0.05) is 5.22 Å². The summed E-state index contributed by atoms with van der Waals surface area (Å²) < 4.78 is 14.3. The van der Waals surface area contributed by atoms with Gasteiger partial charge in [0.2, 0.25) is 0 Å². The van der Waals surface area contributed by atoms with E-state index >= 15 is 0 Å². The van der Waals surface area contributed by atoms with Crippen LogP contribution in [0.2, 0.25) is 0 Å². The molecule has 0 unspecified atom stereocenters. The Hall–Kier alpha value is -1.11. The van der Waals surface area contributed by atoms with Crippen LogP contribution in [0.15, 0.2) is 18.2 Å². The summed E-state index contributed by atoms with van der Waals surface area (Å²) in [6.07, 6.45) is 20.3. The number of hydrogen-bond acceptors (Lipinski definition) is 0. The summed E-state index contributed by atoms with van der Waals surface area (Å²) in [5.41, 5.74) is 0. The third-order valence-electron chi connectivity index (χ3n) is 5.86. The van der Waals surface area contributed by atoms with Crippen molar-refractivity contribution < 1.29 is 4.39 Å². The summed E-state index contributed by atoms with van der Waals surface area (Å²) in [5, 5.41) is 1.97. The van der Waals surface area contributed by atoms with Crippen molar-refractivity contribution in [2.45, 2.75) is 77.0 Å². The quantitative estimate of drug-likeness (QED) is 0.705. The number of benzene rings is 1. The molecule has 23 heavy (non-hydrogen) atoms.